The largest absolute Gasteiger partial charge is 0.492 e. The first-order valence-corrected chi connectivity index (χ1v) is 11.9. The first-order valence-electron chi connectivity index (χ1n) is 11.5. The first-order chi connectivity index (χ1) is 18.4. The molecule has 0 saturated heterocycles. The Hall–Kier alpha value is -4.58. The molecule has 4 rings (SSSR count). The van der Waals surface area contributed by atoms with Crippen molar-refractivity contribution in [2.75, 3.05) is 29.5 Å². The van der Waals surface area contributed by atoms with Crippen molar-refractivity contribution in [1.29, 1.82) is 0 Å². The molecule has 38 heavy (non-hydrogen) atoms. The zero-order valence-electron chi connectivity index (χ0n) is 20.0. The van der Waals surface area contributed by atoms with Crippen LogP contribution in [0.5, 0.6) is 5.75 Å². The highest BCUT2D eigenvalue weighted by Crippen LogP contribution is 2.26. The minimum atomic E-state index is -1.15. The van der Waals surface area contributed by atoms with Gasteiger partial charge in [-0.25, -0.2) is 9.18 Å². The number of halogens is 2. The van der Waals surface area contributed by atoms with E-state index in [1.807, 2.05) is 0 Å². The molecule has 0 bridgehead atoms. The van der Waals surface area contributed by atoms with Crippen molar-refractivity contribution in [1.82, 2.24) is 25.2 Å². The van der Waals surface area contributed by atoms with Gasteiger partial charge in [-0.2, -0.15) is 4.80 Å². The number of amides is 2. The molecule has 0 aliphatic carbocycles. The molecule has 1 N–H and O–H groups in total. The molecule has 0 unspecified atom stereocenters. The molecular formula is C25H23ClFN7O4. The zero-order valence-corrected chi connectivity index (χ0v) is 20.8. The second-order valence-corrected chi connectivity index (χ2v) is 8.39. The van der Waals surface area contributed by atoms with Gasteiger partial charge in [0.15, 0.2) is 6.33 Å². The highest BCUT2D eigenvalue weighted by atomic mass is 35.5. The Kier molecular flexibility index (Phi) is 8.77. The Morgan fingerprint density at radius 3 is 2.55 bits per heavy atom. The van der Waals surface area contributed by atoms with Gasteiger partial charge in [0.1, 0.15) is 18.2 Å². The smallest absolute Gasteiger partial charge is 0.411 e. The predicted molar refractivity (Wildman–Crippen MR) is 137 cm³/mol. The molecule has 0 fully saturated rings. The van der Waals surface area contributed by atoms with Gasteiger partial charge < -0.3 is 14.7 Å². The predicted octanol–water partition coefficient (Wildman–Crippen LogP) is 4.16. The number of hydrogen-bond donors (Lipinski definition) is 1. The summed E-state index contributed by atoms with van der Waals surface area (Å²) in [6, 6.07) is 13.6. The second-order valence-electron chi connectivity index (χ2n) is 7.96. The lowest BCUT2D eigenvalue weighted by molar-refractivity contribution is 0.0984. The molecule has 2 amide bonds. The van der Waals surface area contributed by atoms with Crippen molar-refractivity contribution in [3.8, 4) is 5.75 Å². The van der Waals surface area contributed by atoms with Crippen molar-refractivity contribution in [3.63, 3.8) is 0 Å². The molecule has 0 radical (unpaired) electrons. The molecule has 0 spiro atoms. The van der Waals surface area contributed by atoms with Crippen LogP contribution in [0.1, 0.15) is 16.8 Å². The molecule has 11 nitrogen and oxygen atoms in total. The summed E-state index contributed by atoms with van der Waals surface area (Å²) in [4.78, 5) is 32.9. The van der Waals surface area contributed by atoms with Gasteiger partial charge in [-0.3, -0.25) is 14.7 Å². The molecule has 0 aliphatic rings. The maximum absolute atomic E-state index is 14.7. The Labute approximate surface area is 222 Å². The number of tetrazole rings is 1. The number of carbonyl (C=O) groups is 2. The average Bonchev–Trinajstić information content (AvgIpc) is 3.43. The van der Waals surface area contributed by atoms with Crippen LogP contribution < -0.4 is 14.5 Å². The number of para-hydroxylation sites is 1. The van der Waals surface area contributed by atoms with Gasteiger partial charge in [-0.05, 0) is 54.1 Å². The molecule has 2 aromatic heterocycles. The number of benzene rings is 2. The van der Waals surface area contributed by atoms with E-state index < -0.39 is 17.8 Å². The van der Waals surface area contributed by atoms with Crippen LogP contribution in [-0.4, -0.2) is 62.0 Å². The number of aryl methyl sites for hydroxylation is 1. The van der Waals surface area contributed by atoms with Crippen molar-refractivity contribution < 1.29 is 23.8 Å². The van der Waals surface area contributed by atoms with E-state index in [1.54, 1.807) is 24.3 Å². The van der Waals surface area contributed by atoms with Gasteiger partial charge in [0.2, 0.25) is 0 Å². The van der Waals surface area contributed by atoms with Crippen LogP contribution in [0.15, 0.2) is 73.3 Å². The topological polar surface area (TPSA) is 127 Å². The third-order valence-electron chi connectivity index (χ3n) is 5.43. The number of carbonyl (C=O) groups excluding carboxylic acids is 1. The van der Waals surface area contributed by atoms with E-state index >= 15 is 0 Å². The molecule has 13 heteroatoms. The summed E-state index contributed by atoms with van der Waals surface area (Å²) in [7, 11) is 0. The Morgan fingerprint density at radius 2 is 1.84 bits per heavy atom. The summed E-state index contributed by atoms with van der Waals surface area (Å²) < 4.78 is 20.4. The van der Waals surface area contributed by atoms with Crippen LogP contribution in [-0.2, 0) is 6.54 Å². The second kappa shape index (κ2) is 12.6. The van der Waals surface area contributed by atoms with Crippen LogP contribution in [0.3, 0.4) is 0 Å². The van der Waals surface area contributed by atoms with Gasteiger partial charge in [0, 0.05) is 29.5 Å². The van der Waals surface area contributed by atoms with E-state index in [0.29, 0.717) is 18.7 Å². The van der Waals surface area contributed by atoms with E-state index in [0.717, 1.165) is 4.90 Å². The van der Waals surface area contributed by atoms with Gasteiger partial charge >= 0.3 is 6.09 Å². The van der Waals surface area contributed by atoms with Crippen LogP contribution in [0.25, 0.3) is 0 Å². The molecule has 4 aromatic rings. The average molecular weight is 540 g/mol. The number of rotatable bonds is 11. The third kappa shape index (κ3) is 6.79. The lowest BCUT2D eigenvalue weighted by Gasteiger charge is -2.24. The quantitative estimate of drug-likeness (QED) is 0.301. The third-order valence-corrected chi connectivity index (χ3v) is 5.65. The molecular weight excluding hydrogens is 517 g/mol. The van der Waals surface area contributed by atoms with Gasteiger partial charge in [0.25, 0.3) is 5.91 Å². The van der Waals surface area contributed by atoms with Crippen LogP contribution in [0, 0.1) is 5.82 Å². The standard InChI is InChI=1S/C25H23ClFN7O4/c26-19-14-18(15-21(16-19)38-13-12-32(25(36)37)20-6-8-28-9-7-20)24(35)33(23-5-2-1-4-22(23)27)10-3-11-34-30-17-29-31-34/h1-2,4-9,14-17H,3,10-13H2,(H,36,37). The lowest BCUT2D eigenvalue weighted by Crippen LogP contribution is -2.34. The maximum Gasteiger partial charge on any atom is 0.411 e. The minimum Gasteiger partial charge on any atom is -0.492 e. The molecule has 2 aromatic carbocycles. The molecule has 196 valence electrons. The van der Waals surface area contributed by atoms with Crippen molar-refractivity contribution >= 4 is 35.0 Å². The number of nitrogens with zero attached hydrogens (tertiary/aromatic N) is 7. The van der Waals surface area contributed by atoms with Crippen molar-refractivity contribution in [2.45, 2.75) is 13.0 Å². The summed E-state index contributed by atoms with van der Waals surface area (Å²) >= 11 is 6.27. The Morgan fingerprint density at radius 1 is 1.05 bits per heavy atom. The SMILES string of the molecule is O=C(O)N(CCOc1cc(Cl)cc(C(=O)N(CCCn2ncnn2)c2ccccc2F)c1)c1ccncc1. The van der Waals surface area contributed by atoms with Crippen LogP contribution in [0.2, 0.25) is 5.02 Å². The van der Waals surface area contributed by atoms with Gasteiger partial charge in [-0.1, -0.05) is 23.7 Å². The molecule has 0 saturated carbocycles. The Bertz CT molecular complexity index is 1380. The minimum absolute atomic E-state index is 0.00940. The highest BCUT2D eigenvalue weighted by Gasteiger charge is 2.22. The summed E-state index contributed by atoms with van der Waals surface area (Å²) in [6.45, 7) is 0.556. The van der Waals surface area contributed by atoms with Gasteiger partial charge in [-0.15, -0.1) is 10.2 Å². The highest BCUT2D eigenvalue weighted by molar-refractivity contribution is 6.31. The number of ether oxygens (including phenoxy) is 1. The summed E-state index contributed by atoms with van der Waals surface area (Å²) in [6.07, 6.45) is 3.57. The van der Waals surface area contributed by atoms with E-state index in [4.69, 9.17) is 16.3 Å². The normalized spacial score (nSPS) is 10.7. The van der Waals surface area contributed by atoms with E-state index in [2.05, 4.69) is 20.4 Å². The molecule has 0 atom stereocenters. The van der Waals surface area contributed by atoms with Gasteiger partial charge in [0.05, 0.1) is 24.5 Å². The van der Waals surface area contributed by atoms with Crippen molar-refractivity contribution in [3.05, 3.63) is 89.7 Å². The van der Waals surface area contributed by atoms with E-state index in [-0.39, 0.29) is 41.7 Å². The van der Waals surface area contributed by atoms with E-state index in [1.165, 1.54) is 58.7 Å². The number of anilines is 2. The molecule has 2 heterocycles. The monoisotopic (exact) mass is 539 g/mol. The number of pyridine rings is 1. The number of hydrogen-bond acceptors (Lipinski definition) is 7. The fraction of sp³-hybridized carbons (Fsp3) is 0.200. The summed E-state index contributed by atoms with van der Waals surface area (Å²) in [5, 5.41) is 21.2. The van der Waals surface area contributed by atoms with Crippen LogP contribution >= 0.6 is 11.6 Å². The van der Waals surface area contributed by atoms with Crippen LogP contribution in [0.4, 0.5) is 20.6 Å². The molecule has 0 aliphatic heterocycles. The maximum atomic E-state index is 14.7. The Balaban J connectivity index is 1.49. The fourth-order valence-electron chi connectivity index (χ4n) is 3.70. The fourth-order valence-corrected chi connectivity index (χ4v) is 3.93. The zero-order chi connectivity index (χ0) is 26.9. The van der Waals surface area contributed by atoms with E-state index in [9.17, 15) is 19.1 Å². The summed E-state index contributed by atoms with van der Waals surface area (Å²) in [5.74, 6) is -0.776. The first kappa shape index (κ1) is 26.5. The number of aromatic nitrogens is 5. The number of carboxylic acid groups (broad SMARTS) is 1. The summed E-state index contributed by atoms with van der Waals surface area (Å²) in [5.41, 5.74) is 0.736. The van der Waals surface area contributed by atoms with Crippen molar-refractivity contribution in [2.24, 2.45) is 0 Å². The lowest BCUT2D eigenvalue weighted by atomic mass is 10.1.